The smallest absolute Gasteiger partial charge is 0.261 e. The van der Waals surface area contributed by atoms with Crippen LogP contribution in [-0.4, -0.2) is 21.4 Å². The zero-order valence-electron chi connectivity index (χ0n) is 15.5. The number of hydrogen-bond acceptors (Lipinski definition) is 4. The highest BCUT2D eigenvalue weighted by atomic mass is 32.2. The maximum Gasteiger partial charge on any atom is 0.261 e. The average Bonchev–Trinajstić information content (AvgIpc) is 2.68. The molecule has 6 nitrogen and oxygen atoms in total. The van der Waals surface area contributed by atoms with E-state index in [1.54, 1.807) is 12.1 Å². The van der Waals surface area contributed by atoms with E-state index in [1.165, 1.54) is 32.2 Å². The van der Waals surface area contributed by atoms with Gasteiger partial charge < -0.3 is 10.1 Å². The van der Waals surface area contributed by atoms with Gasteiger partial charge in [-0.3, -0.25) is 9.52 Å². The molecule has 0 unspecified atom stereocenters. The lowest BCUT2D eigenvalue weighted by Crippen LogP contribution is -2.14. The molecule has 0 spiro atoms. The first-order valence-electron chi connectivity index (χ1n) is 8.53. The molecule has 7 heteroatoms. The molecule has 0 atom stereocenters. The van der Waals surface area contributed by atoms with Crippen molar-refractivity contribution in [2.75, 3.05) is 17.1 Å². The summed E-state index contributed by atoms with van der Waals surface area (Å²) in [4.78, 5) is 11.4. The highest BCUT2D eigenvalue weighted by Gasteiger charge is 2.17. The van der Waals surface area contributed by atoms with Gasteiger partial charge >= 0.3 is 0 Å². The van der Waals surface area contributed by atoms with Crippen molar-refractivity contribution in [2.24, 2.45) is 0 Å². The molecule has 2 N–H and O–H groups in total. The Morgan fingerprint density at radius 2 is 1.54 bits per heavy atom. The third-order valence-electron chi connectivity index (χ3n) is 4.04. The topological polar surface area (TPSA) is 84.5 Å². The minimum absolute atomic E-state index is 0.0178. The van der Waals surface area contributed by atoms with E-state index in [4.69, 9.17) is 4.74 Å². The third-order valence-corrected chi connectivity index (χ3v) is 5.42. The molecule has 144 valence electrons. The van der Waals surface area contributed by atoms with Crippen molar-refractivity contribution in [1.29, 1.82) is 0 Å². The van der Waals surface area contributed by atoms with Crippen LogP contribution >= 0.6 is 0 Å². The molecular formula is C21H20N2O4S. The Labute approximate surface area is 164 Å². The number of amides is 1. The molecule has 0 saturated carbocycles. The lowest BCUT2D eigenvalue weighted by molar-refractivity contribution is -0.114. The molecule has 0 fully saturated rings. The standard InChI is InChI=1S/C21H20N2O4S/c1-15(24)22-20-14-19(12-13-21(20)27-2)28(25,26)23-18-10-8-17(9-11-18)16-6-4-3-5-7-16/h3-14,23H,1-2H3,(H,22,24). The molecule has 3 rings (SSSR count). The molecule has 0 heterocycles. The van der Waals surface area contributed by atoms with Crippen molar-refractivity contribution in [3.8, 4) is 16.9 Å². The van der Waals surface area contributed by atoms with Gasteiger partial charge in [-0.15, -0.1) is 0 Å². The van der Waals surface area contributed by atoms with E-state index in [-0.39, 0.29) is 16.5 Å². The second-order valence-electron chi connectivity index (χ2n) is 6.09. The van der Waals surface area contributed by atoms with E-state index in [2.05, 4.69) is 10.0 Å². The van der Waals surface area contributed by atoms with Gasteiger partial charge in [0, 0.05) is 12.6 Å². The van der Waals surface area contributed by atoms with Crippen LogP contribution in [0.15, 0.2) is 77.7 Å². The molecule has 0 radical (unpaired) electrons. The van der Waals surface area contributed by atoms with Crippen LogP contribution < -0.4 is 14.8 Å². The van der Waals surface area contributed by atoms with E-state index in [0.717, 1.165) is 11.1 Å². The number of ether oxygens (including phenoxy) is 1. The number of rotatable bonds is 6. The molecular weight excluding hydrogens is 376 g/mol. The van der Waals surface area contributed by atoms with Crippen molar-refractivity contribution in [1.82, 2.24) is 0 Å². The Morgan fingerprint density at radius 3 is 2.14 bits per heavy atom. The summed E-state index contributed by atoms with van der Waals surface area (Å²) in [6.07, 6.45) is 0. The van der Waals surface area contributed by atoms with E-state index in [9.17, 15) is 13.2 Å². The zero-order chi connectivity index (χ0) is 20.1. The van der Waals surface area contributed by atoms with Gasteiger partial charge in [0.15, 0.2) is 0 Å². The number of carbonyl (C=O) groups is 1. The third kappa shape index (κ3) is 4.50. The highest BCUT2D eigenvalue weighted by molar-refractivity contribution is 7.92. The van der Waals surface area contributed by atoms with Gasteiger partial charge in [0.05, 0.1) is 17.7 Å². The Balaban J connectivity index is 1.84. The summed E-state index contributed by atoms with van der Waals surface area (Å²) in [5.74, 6) is 0.0543. The first-order chi connectivity index (χ1) is 13.4. The second-order valence-corrected chi connectivity index (χ2v) is 7.77. The van der Waals surface area contributed by atoms with Gasteiger partial charge in [0.2, 0.25) is 5.91 Å². The summed E-state index contributed by atoms with van der Waals surface area (Å²) < 4.78 is 33.2. The van der Waals surface area contributed by atoms with Gasteiger partial charge in [0.1, 0.15) is 5.75 Å². The Bertz CT molecular complexity index is 1080. The summed E-state index contributed by atoms with van der Waals surface area (Å²) in [5.41, 5.74) is 2.77. The maximum atomic E-state index is 12.7. The summed E-state index contributed by atoms with van der Waals surface area (Å²) in [7, 11) is -2.39. The van der Waals surface area contributed by atoms with E-state index in [1.807, 2.05) is 42.5 Å². The van der Waals surface area contributed by atoms with E-state index in [0.29, 0.717) is 11.4 Å². The molecule has 0 aromatic heterocycles. The van der Waals surface area contributed by atoms with Crippen molar-refractivity contribution >= 4 is 27.3 Å². The summed E-state index contributed by atoms with van der Waals surface area (Å²) >= 11 is 0. The lowest BCUT2D eigenvalue weighted by Gasteiger charge is -2.13. The molecule has 0 aliphatic carbocycles. The zero-order valence-corrected chi connectivity index (χ0v) is 16.3. The van der Waals surface area contributed by atoms with Gasteiger partial charge in [-0.2, -0.15) is 0 Å². The number of methoxy groups -OCH3 is 1. The minimum atomic E-state index is -3.83. The van der Waals surface area contributed by atoms with Crippen LogP contribution in [0.25, 0.3) is 11.1 Å². The van der Waals surface area contributed by atoms with Gasteiger partial charge in [0.25, 0.3) is 10.0 Å². The van der Waals surface area contributed by atoms with Gasteiger partial charge in [-0.1, -0.05) is 42.5 Å². The van der Waals surface area contributed by atoms with Crippen molar-refractivity contribution < 1.29 is 17.9 Å². The fourth-order valence-electron chi connectivity index (χ4n) is 2.72. The van der Waals surface area contributed by atoms with Crippen LogP contribution in [-0.2, 0) is 14.8 Å². The van der Waals surface area contributed by atoms with Gasteiger partial charge in [-0.05, 0) is 41.5 Å². The molecule has 3 aromatic carbocycles. The molecule has 0 aliphatic heterocycles. The van der Waals surface area contributed by atoms with Crippen LogP contribution in [0.4, 0.5) is 11.4 Å². The van der Waals surface area contributed by atoms with Crippen LogP contribution in [0.5, 0.6) is 5.75 Å². The van der Waals surface area contributed by atoms with E-state index >= 15 is 0 Å². The number of sulfonamides is 1. The molecule has 28 heavy (non-hydrogen) atoms. The quantitative estimate of drug-likeness (QED) is 0.656. The number of anilines is 2. The first-order valence-corrected chi connectivity index (χ1v) is 10.0. The molecule has 0 saturated heterocycles. The maximum absolute atomic E-state index is 12.7. The van der Waals surface area contributed by atoms with Crippen LogP contribution in [0.3, 0.4) is 0 Å². The van der Waals surface area contributed by atoms with Crippen LogP contribution in [0, 0.1) is 0 Å². The normalized spacial score (nSPS) is 10.9. The Kier molecular flexibility index (Phi) is 5.65. The monoisotopic (exact) mass is 396 g/mol. The predicted octanol–water partition coefficient (Wildman–Crippen LogP) is 4.12. The molecule has 0 bridgehead atoms. The van der Waals surface area contributed by atoms with Crippen molar-refractivity contribution in [3.05, 3.63) is 72.8 Å². The van der Waals surface area contributed by atoms with Crippen LogP contribution in [0.1, 0.15) is 6.92 Å². The number of hydrogen-bond donors (Lipinski definition) is 2. The summed E-state index contributed by atoms with van der Waals surface area (Å²) in [6.45, 7) is 1.34. The highest BCUT2D eigenvalue weighted by Crippen LogP contribution is 2.29. The van der Waals surface area contributed by atoms with Gasteiger partial charge in [-0.25, -0.2) is 8.42 Å². The largest absolute Gasteiger partial charge is 0.495 e. The number of benzene rings is 3. The minimum Gasteiger partial charge on any atom is -0.495 e. The molecule has 1 amide bonds. The summed E-state index contributed by atoms with van der Waals surface area (Å²) in [5, 5.41) is 2.57. The second kappa shape index (κ2) is 8.14. The Hall–Kier alpha value is -3.32. The van der Waals surface area contributed by atoms with Crippen LogP contribution in [0.2, 0.25) is 0 Å². The number of carbonyl (C=O) groups excluding carboxylic acids is 1. The fraction of sp³-hybridized carbons (Fsp3) is 0.0952. The van der Waals surface area contributed by atoms with Crippen molar-refractivity contribution in [2.45, 2.75) is 11.8 Å². The lowest BCUT2D eigenvalue weighted by atomic mass is 10.1. The van der Waals surface area contributed by atoms with Crippen molar-refractivity contribution in [3.63, 3.8) is 0 Å². The van der Waals surface area contributed by atoms with E-state index < -0.39 is 10.0 Å². The SMILES string of the molecule is COc1ccc(S(=O)(=O)Nc2ccc(-c3ccccc3)cc2)cc1NC(C)=O. The fourth-order valence-corrected chi connectivity index (χ4v) is 3.80. The number of nitrogens with one attached hydrogen (secondary N) is 2. The first kappa shape index (κ1) is 19.4. The molecule has 3 aromatic rings. The molecule has 0 aliphatic rings. The Morgan fingerprint density at radius 1 is 0.893 bits per heavy atom. The summed E-state index contributed by atoms with van der Waals surface area (Å²) in [6, 6.07) is 21.2. The predicted molar refractivity (Wildman–Crippen MR) is 110 cm³/mol. The average molecular weight is 396 g/mol.